The average molecular weight is 376 g/mol. The zero-order valence-electron chi connectivity index (χ0n) is 15.7. The van der Waals surface area contributed by atoms with E-state index >= 15 is 0 Å². The van der Waals surface area contributed by atoms with Gasteiger partial charge in [0.1, 0.15) is 0 Å². The van der Waals surface area contributed by atoms with Gasteiger partial charge < -0.3 is 5.73 Å². The van der Waals surface area contributed by atoms with E-state index < -0.39 is 0 Å². The summed E-state index contributed by atoms with van der Waals surface area (Å²) in [5, 5.41) is 0. The highest BCUT2D eigenvalue weighted by atomic mass is 32.1. The van der Waals surface area contributed by atoms with Crippen molar-refractivity contribution in [3.05, 3.63) is 75.5 Å². The van der Waals surface area contributed by atoms with Crippen LogP contribution in [0.2, 0.25) is 0 Å². The van der Waals surface area contributed by atoms with Crippen molar-refractivity contribution in [2.45, 2.75) is 44.9 Å². The van der Waals surface area contributed by atoms with Crippen LogP contribution in [0.4, 0.5) is 5.69 Å². The summed E-state index contributed by atoms with van der Waals surface area (Å²) in [6, 6.07) is 18.3. The number of anilines is 1. The number of thiophene rings is 1. The van der Waals surface area contributed by atoms with Crippen LogP contribution in [0.3, 0.4) is 0 Å². The van der Waals surface area contributed by atoms with Crippen molar-refractivity contribution in [3.63, 3.8) is 0 Å². The third-order valence-corrected chi connectivity index (χ3v) is 6.76. The minimum Gasteiger partial charge on any atom is -0.397 e. The Labute approximate surface area is 165 Å². The first-order valence-electron chi connectivity index (χ1n) is 9.74. The maximum Gasteiger partial charge on any atom is 0.205 e. The Morgan fingerprint density at radius 2 is 1.63 bits per heavy atom. The first-order valence-corrected chi connectivity index (χ1v) is 10.6. The number of carbonyl (C=O) groups excluding carboxylic acids is 1. The summed E-state index contributed by atoms with van der Waals surface area (Å²) in [5.74, 6) is 0.680. The van der Waals surface area contributed by atoms with E-state index in [0.717, 1.165) is 21.6 Å². The van der Waals surface area contributed by atoms with Gasteiger partial charge in [0.25, 0.3) is 0 Å². The number of nitrogens with two attached hydrogens (primary N) is 1. The Bertz CT molecular complexity index is 935. The molecule has 2 aromatic carbocycles. The standard InChI is InChI=1S/C24H25NOS/c1-16-21(19-10-6-3-7-11-19)22(25)24(27-16)23(26)20-14-12-18(13-15-20)17-8-4-2-5-9-17/h3,6-7,10-15,17H,2,4-5,8-9,25H2,1H3. The summed E-state index contributed by atoms with van der Waals surface area (Å²) in [4.78, 5) is 14.8. The van der Waals surface area contributed by atoms with Crippen LogP contribution in [0, 0.1) is 6.92 Å². The second-order valence-corrected chi connectivity index (χ2v) is 8.65. The predicted molar refractivity (Wildman–Crippen MR) is 115 cm³/mol. The number of rotatable bonds is 4. The van der Waals surface area contributed by atoms with Gasteiger partial charge in [-0.3, -0.25) is 4.79 Å². The van der Waals surface area contributed by atoms with E-state index in [4.69, 9.17) is 5.73 Å². The zero-order chi connectivity index (χ0) is 18.8. The number of benzene rings is 2. The van der Waals surface area contributed by atoms with Crippen molar-refractivity contribution in [2.24, 2.45) is 0 Å². The van der Waals surface area contributed by atoms with Crippen molar-refractivity contribution in [2.75, 3.05) is 5.73 Å². The van der Waals surface area contributed by atoms with Crippen LogP contribution in [0.5, 0.6) is 0 Å². The molecule has 0 unspecified atom stereocenters. The number of aryl methyl sites for hydroxylation is 1. The minimum absolute atomic E-state index is 0.0259. The van der Waals surface area contributed by atoms with Gasteiger partial charge in [0.15, 0.2) is 0 Å². The second-order valence-electron chi connectivity index (χ2n) is 7.43. The molecule has 27 heavy (non-hydrogen) atoms. The van der Waals surface area contributed by atoms with Crippen LogP contribution < -0.4 is 5.73 Å². The molecule has 0 saturated heterocycles. The van der Waals surface area contributed by atoms with Crippen LogP contribution in [-0.4, -0.2) is 5.78 Å². The molecule has 3 aromatic rings. The summed E-state index contributed by atoms with van der Waals surface area (Å²) < 4.78 is 0. The van der Waals surface area contributed by atoms with Gasteiger partial charge in [-0.1, -0.05) is 73.9 Å². The van der Waals surface area contributed by atoms with E-state index in [0.29, 0.717) is 16.5 Å². The molecule has 138 valence electrons. The summed E-state index contributed by atoms with van der Waals surface area (Å²) in [6.45, 7) is 2.03. The number of ketones is 1. The van der Waals surface area contributed by atoms with Crippen molar-refractivity contribution in [1.29, 1.82) is 0 Å². The highest BCUT2D eigenvalue weighted by Crippen LogP contribution is 2.39. The normalized spacial score (nSPS) is 15.0. The van der Waals surface area contributed by atoms with Crippen LogP contribution in [0.1, 0.15) is 63.7 Å². The van der Waals surface area contributed by atoms with Gasteiger partial charge in [-0.15, -0.1) is 11.3 Å². The zero-order valence-corrected chi connectivity index (χ0v) is 16.5. The fraction of sp³-hybridized carbons (Fsp3) is 0.292. The van der Waals surface area contributed by atoms with Gasteiger partial charge in [0.2, 0.25) is 5.78 Å². The molecular weight excluding hydrogens is 350 g/mol. The molecule has 4 rings (SSSR count). The van der Waals surface area contributed by atoms with E-state index in [1.807, 2.05) is 49.4 Å². The topological polar surface area (TPSA) is 43.1 Å². The number of hydrogen-bond acceptors (Lipinski definition) is 3. The lowest BCUT2D eigenvalue weighted by Gasteiger charge is -2.22. The van der Waals surface area contributed by atoms with Crippen LogP contribution in [0.25, 0.3) is 11.1 Å². The molecule has 2 N–H and O–H groups in total. The number of hydrogen-bond donors (Lipinski definition) is 1. The summed E-state index contributed by atoms with van der Waals surface area (Å²) >= 11 is 1.50. The molecule has 1 aliphatic rings. The van der Waals surface area contributed by atoms with E-state index in [-0.39, 0.29) is 5.78 Å². The molecule has 1 saturated carbocycles. The number of carbonyl (C=O) groups is 1. The molecule has 3 heteroatoms. The molecule has 0 radical (unpaired) electrons. The SMILES string of the molecule is Cc1sc(C(=O)c2ccc(C3CCCCC3)cc2)c(N)c1-c1ccccc1. The highest BCUT2D eigenvalue weighted by molar-refractivity contribution is 7.15. The largest absolute Gasteiger partial charge is 0.397 e. The molecular formula is C24H25NOS. The smallest absolute Gasteiger partial charge is 0.205 e. The van der Waals surface area contributed by atoms with Crippen molar-refractivity contribution < 1.29 is 4.79 Å². The lowest BCUT2D eigenvalue weighted by molar-refractivity contribution is 0.104. The highest BCUT2D eigenvalue weighted by Gasteiger charge is 2.22. The molecule has 0 bridgehead atoms. The molecule has 1 fully saturated rings. The lowest BCUT2D eigenvalue weighted by atomic mass is 9.84. The maximum atomic E-state index is 13.1. The Hall–Kier alpha value is -2.39. The quantitative estimate of drug-likeness (QED) is 0.523. The average Bonchev–Trinajstić information content (AvgIpc) is 3.03. The third-order valence-electron chi connectivity index (χ3n) is 5.64. The Morgan fingerprint density at radius 3 is 2.30 bits per heavy atom. The summed E-state index contributed by atoms with van der Waals surface area (Å²) in [7, 11) is 0. The second kappa shape index (κ2) is 7.69. The molecule has 0 atom stereocenters. The van der Waals surface area contributed by atoms with Crippen LogP contribution in [-0.2, 0) is 0 Å². The minimum atomic E-state index is 0.0259. The van der Waals surface area contributed by atoms with Gasteiger partial charge in [0.05, 0.1) is 10.6 Å². The first kappa shape index (κ1) is 18.0. The fourth-order valence-electron chi connectivity index (χ4n) is 4.17. The van der Waals surface area contributed by atoms with Gasteiger partial charge in [-0.25, -0.2) is 0 Å². The molecule has 1 aromatic heterocycles. The third kappa shape index (κ3) is 3.57. The van der Waals surface area contributed by atoms with Crippen molar-refractivity contribution in [3.8, 4) is 11.1 Å². The monoisotopic (exact) mass is 375 g/mol. The lowest BCUT2D eigenvalue weighted by Crippen LogP contribution is -2.06. The first-order chi connectivity index (χ1) is 13.1. The molecule has 2 nitrogen and oxygen atoms in total. The molecule has 0 spiro atoms. The molecule has 1 heterocycles. The van der Waals surface area contributed by atoms with E-state index in [9.17, 15) is 4.79 Å². The molecule has 1 aliphatic carbocycles. The Balaban J connectivity index is 1.61. The molecule has 0 aliphatic heterocycles. The van der Waals surface area contributed by atoms with Crippen LogP contribution in [0.15, 0.2) is 54.6 Å². The summed E-state index contributed by atoms with van der Waals surface area (Å²) in [6.07, 6.45) is 6.53. The number of nitrogen functional groups attached to an aromatic ring is 1. The Kier molecular flexibility index (Phi) is 5.13. The van der Waals surface area contributed by atoms with Gasteiger partial charge in [0, 0.05) is 16.0 Å². The van der Waals surface area contributed by atoms with Crippen molar-refractivity contribution >= 4 is 22.8 Å². The summed E-state index contributed by atoms with van der Waals surface area (Å²) in [5.41, 5.74) is 11.2. The molecule has 0 amide bonds. The van der Waals surface area contributed by atoms with Gasteiger partial charge >= 0.3 is 0 Å². The fourth-order valence-corrected chi connectivity index (χ4v) is 5.23. The van der Waals surface area contributed by atoms with E-state index in [1.54, 1.807) is 0 Å². The van der Waals surface area contributed by atoms with E-state index in [1.165, 1.54) is 49.0 Å². The van der Waals surface area contributed by atoms with Crippen LogP contribution >= 0.6 is 11.3 Å². The predicted octanol–water partition coefficient (Wildman–Crippen LogP) is 6.58. The van der Waals surface area contributed by atoms with Gasteiger partial charge in [-0.2, -0.15) is 0 Å². The van der Waals surface area contributed by atoms with Crippen molar-refractivity contribution in [1.82, 2.24) is 0 Å². The van der Waals surface area contributed by atoms with Gasteiger partial charge in [-0.05, 0) is 36.8 Å². The Morgan fingerprint density at radius 1 is 0.963 bits per heavy atom. The maximum absolute atomic E-state index is 13.1. The van der Waals surface area contributed by atoms with E-state index in [2.05, 4.69) is 12.1 Å².